The molecule has 9 nitrogen and oxygen atoms in total. The summed E-state index contributed by atoms with van der Waals surface area (Å²) < 4.78 is 44.0. The van der Waals surface area contributed by atoms with Crippen molar-refractivity contribution < 1.29 is 46.6 Å². The zero-order chi connectivity index (χ0) is 26.6. The third kappa shape index (κ3) is 6.30. The van der Waals surface area contributed by atoms with Crippen LogP contribution in [0.2, 0.25) is 0 Å². The number of hydrogen-bond acceptors (Lipinski definition) is 6. The third-order valence-electron chi connectivity index (χ3n) is 7.14. The average Bonchev–Trinajstić information content (AvgIpc) is 3.38. The Morgan fingerprint density at radius 1 is 1.08 bits per heavy atom. The van der Waals surface area contributed by atoms with Gasteiger partial charge in [-0.25, -0.2) is 4.79 Å². The van der Waals surface area contributed by atoms with Crippen LogP contribution < -0.4 is 4.90 Å². The topological polar surface area (TPSA) is 93.2 Å². The molecular formula is C25H31F3N3O6+. The molecule has 3 aliphatic rings. The van der Waals surface area contributed by atoms with Crippen molar-refractivity contribution >= 4 is 29.3 Å². The van der Waals surface area contributed by atoms with E-state index in [9.17, 15) is 32.3 Å². The predicted molar refractivity (Wildman–Crippen MR) is 124 cm³/mol. The van der Waals surface area contributed by atoms with Gasteiger partial charge in [-0.2, -0.15) is 13.2 Å². The van der Waals surface area contributed by atoms with Crippen LogP contribution in [0.15, 0.2) is 24.3 Å². The first-order valence-corrected chi connectivity index (χ1v) is 12.6. The number of anilines is 1. The Labute approximate surface area is 212 Å². The quantitative estimate of drug-likeness (QED) is 0.401. The van der Waals surface area contributed by atoms with Crippen molar-refractivity contribution in [2.24, 2.45) is 0 Å². The molecule has 3 aliphatic heterocycles. The first-order chi connectivity index (χ1) is 17.6. The van der Waals surface area contributed by atoms with Crippen molar-refractivity contribution in [3.63, 3.8) is 0 Å². The maximum absolute atomic E-state index is 13.0. The lowest BCUT2D eigenvalue weighted by molar-refractivity contribution is -1.09. The maximum Gasteiger partial charge on any atom is 0.497 e. The van der Waals surface area contributed by atoms with Crippen LogP contribution in [0, 0.1) is 0 Å². The lowest BCUT2D eigenvalue weighted by Gasteiger charge is -2.41. The molecule has 3 heterocycles. The average molecular weight is 527 g/mol. The zero-order valence-electron chi connectivity index (χ0n) is 20.5. The number of para-hydroxylation sites is 1. The largest absolute Gasteiger partial charge is 0.497 e. The lowest BCUT2D eigenvalue weighted by atomic mass is 10.1. The van der Waals surface area contributed by atoms with Gasteiger partial charge in [-0.15, -0.1) is 4.65 Å². The molecule has 4 rings (SSSR count). The number of nitrogens with zero attached hydrogens (tertiary/aromatic N) is 3. The first-order valence-electron chi connectivity index (χ1n) is 12.6. The Balaban J connectivity index is 1.39. The number of alkyl halides is 3. The summed E-state index contributed by atoms with van der Waals surface area (Å²) in [5.41, 5.74) is 1.01. The summed E-state index contributed by atoms with van der Waals surface area (Å²) >= 11 is 0. The summed E-state index contributed by atoms with van der Waals surface area (Å²) in [6, 6.07) is 6.86. The molecule has 37 heavy (non-hydrogen) atoms. The molecule has 0 radical (unpaired) electrons. The van der Waals surface area contributed by atoms with Crippen LogP contribution in [-0.2, 0) is 24.0 Å². The Hall–Kier alpha value is -2.99. The number of unbranched alkanes of at least 4 members (excludes halogenated alkanes) is 1. The molecule has 12 heteroatoms. The third-order valence-corrected chi connectivity index (χ3v) is 7.14. The summed E-state index contributed by atoms with van der Waals surface area (Å²) in [6.45, 7) is 1.23. The second-order valence-corrected chi connectivity index (χ2v) is 9.63. The van der Waals surface area contributed by atoms with E-state index in [-0.39, 0.29) is 69.7 Å². The van der Waals surface area contributed by atoms with E-state index in [0.29, 0.717) is 37.1 Å². The minimum absolute atomic E-state index is 0.0280. The summed E-state index contributed by atoms with van der Waals surface area (Å²) in [7, 11) is 0. The molecule has 1 aromatic carbocycles. The molecule has 0 aromatic heterocycles. The molecule has 2 amide bonds. The van der Waals surface area contributed by atoms with Crippen molar-refractivity contribution in [2.45, 2.75) is 50.8 Å². The summed E-state index contributed by atoms with van der Waals surface area (Å²) in [5, 5.41) is 0. The minimum atomic E-state index is -5.13. The van der Waals surface area contributed by atoms with Gasteiger partial charge in [0.1, 0.15) is 25.7 Å². The summed E-state index contributed by atoms with van der Waals surface area (Å²) in [4.78, 5) is 57.5. The molecule has 202 valence electrons. The Morgan fingerprint density at radius 2 is 1.81 bits per heavy atom. The van der Waals surface area contributed by atoms with Gasteiger partial charge < -0.3 is 14.5 Å². The number of amides is 2. The number of Topliss-reactive ketones (excluding diaryl/α,β-unsaturated/α-hetero) is 1. The van der Waals surface area contributed by atoms with Crippen molar-refractivity contribution in [3.05, 3.63) is 29.8 Å². The van der Waals surface area contributed by atoms with Gasteiger partial charge in [-0.05, 0) is 31.4 Å². The monoisotopic (exact) mass is 526 g/mol. The van der Waals surface area contributed by atoms with Crippen molar-refractivity contribution in [3.8, 4) is 0 Å². The Morgan fingerprint density at radius 3 is 2.49 bits per heavy atom. The van der Waals surface area contributed by atoms with Gasteiger partial charge in [0.05, 0.1) is 18.8 Å². The Kier molecular flexibility index (Phi) is 8.17. The number of rotatable bonds is 7. The number of quaternary nitrogens is 1. The van der Waals surface area contributed by atoms with E-state index in [1.165, 1.54) is 0 Å². The highest BCUT2D eigenvalue weighted by Gasteiger charge is 2.49. The number of fused-ring (bicyclic) bond motifs is 1. The highest BCUT2D eigenvalue weighted by atomic mass is 19.4. The fraction of sp³-hybridized carbons (Fsp3) is 0.600. The minimum Gasteiger partial charge on any atom is -0.368 e. The number of ketones is 1. The summed E-state index contributed by atoms with van der Waals surface area (Å²) in [6.07, 6.45) is -3.26. The van der Waals surface area contributed by atoms with Crippen LogP contribution in [0.1, 0.15) is 48.9 Å². The standard InChI is InChI=1S/C25H31F3N3O6/c26-25(27,28)24(35)37-31(15-12-29(13-16-31)23(34)21-8-5-17-36-21)14-4-3-11-30-19-7-2-1-6-18(19)20(32)9-10-22(30)33/h1-2,6-7,21H,3-5,8-17H2/q+1. The van der Waals surface area contributed by atoms with Crippen LogP contribution in [0.4, 0.5) is 18.9 Å². The predicted octanol–water partition coefficient (Wildman–Crippen LogP) is 2.63. The number of piperazine rings is 1. The van der Waals surface area contributed by atoms with Crippen molar-refractivity contribution in [2.75, 3.05) is 50.8 Å². The van der Waals surface area contributed by atoms with E-state index in [0.717, 1.165) is 6.42 Å². The van der Waals surface area contributed by atoms with Gasteiger partial charge in [0, 0.05) is 38.0 Å². The van der Waals surface area contributed by atoms with Crippen LogP contribution in [0.25, 0.3) is 0 Å². The Bertz CT molecular complexity index is 1030. The highest BCUT2D eigenvalue weighted by molar-refractivity contribution is 6.10. The number of halogens is 3. The molecule has 0 aliphatic carbocycles. The van der Waals surface area contributed by atoms with Crippen LogP contribution in [-0.4, -0.2) is 91.3 Å². The molecule has 0 spiro atoms. The fourth-order valence-electron chi connectivity index (χ4n) is 5.10. The molecule has 1 atom stereocenters. The SMILES string of the molecule is O=C1CCC(=O)N(CCCC[N+]2(OC(=O)C(F)(F)F)CCN(C(=O)C3CCCO3)CC2)c2ccccc21. The van der Waals surface area contributed by atoms with Gasteiger partial charge in [0.2, 0.25) is 5.91 Å². The lowest BCUT2D eigenvalue weighted by Crippen LogP contribution is -2.63. The second-order valence-electron chi connectivity index (χ2n) is 9.63. The van der Waals surface area contributed by atoms with E-state index < -0.39 is 22.9 Å². The van der Waals surface area contributed by atoms with Crippen LogP contribution in [0.5, 0.6) is 0 Å². The van der Waals surface area contributed by atoms with Gasteiger partial charge in [0.25, 0.3) is 5.91 Å². The van der Waals surface area contributed by atoms with Crippen molar-refractivity contribution in [1.29, 1.82) is 0 Å². The molecule has 1 unspecified atom stereocenters. The number of benzene rings is 1. The molecule has 1 aromatic rings. The van der Waals surface area contributed by atoms with Gasteiger partial charge in [-0.3, -0.25) is 19.2 Å². The van der Waals surface area contributed by atoms with E-state index in [1.54, 1.807) is 34.1 Å². The number of carbonyl (C=O) groups is 4. The maximum atomic E-state index is 13.0. The normalized spacial score (nSPS) is 22.0. The zero-order valence-corrected chi connectivity index (χ0v) is 20.5. The van der Waals surface area contributed by atoms with Gasteiger partial charge in [-0.1, -0.05) is 12.1 Å². The fourth-order valence-corrected chi connectivity index (χ4v) is 5.10. The van der Waals surface area contributed by atoms with E-state index in [1.807, 2.05) is 0 Å². The van der Waals surface area contributed by atoms with E-state index in [4.69, 9.17) is 9.57 Å². The first kappa shape index (κ1) is 27.1. The molecule has 0 N–H and O–H groups in total. The molecule has 2 saturated heterocycles. The smallest absolute Gasteiger partial charge is 0.368 e. The molecule has 2 fully saturated rings. The van der Waals surface area contributed by atoms with Gasteiger partial charge >= 0.3 is 12.1 Å². The molecule has 0 bridgehead atoms. The van der Waals surface area contributed by atoms with E-state index in [2.05, 4.69) is 0 Å². The van der Waals surface area contributed by atoms with Gasteiger partial charge in [0.15, 0.2) is 5.78 Å². The van der Waals surface area contributed by atoms with E-state index >= 15 is 0 Å². The highest BCUT2D eigenvalue weighted by Crippen LogP contribution is 2.28. The second kappa shape index (κ2) is 11.2. The number of hydrogen-bond donors (Lipinski definition) is 0. The number of ether oxygens (including phenoxy) is 1. The van der Waals surface area contributed by atoms with Crippen molar-refractivity contribution in [1.82, 2.24) is 4.90 Å². The summed E-state index contributed by atoms with van der Waals surface area (Å²) in [5.74, 6) is -2.75. The molecular weight excluding hydrogens is 495 g/mol. The van der Waals surface area contributed by atoms with Crippen LogP contribution >= 0.6 is 0 Å². The molecule has 0 saturated carbocycles. The number of carbonyl (C=O) groups excluding carboxylic acids is 4. The number of hydroxylamine groups is 3. The van der Waals surface area contributed by atoms with Crippen LogP contribution in [0.3, 0.4) is 0 Å².